The molecule has 168 valence electrons. The SMILES string of the molecule is O=C(NCC(c1ccco1)N1CCCCC1)Nc1cccc(C(=O)NCc2cccs2)c1. The smallest absolute Gasteiger partial charge is 0.319 e. The van der Waals surface area contributed by atoms with Crippen LogP contribution in [0.1, 0.15) is 46.3 Å². The number of hydrogen-bond donors (Lipinski definition) is 3. The summed E-state index contributed by atoms with van der Waals surface area (Å²) in [6.07, 6.45) is 5.23. The number of nitrogens with one attached hydrogen (secondary N) is 3. The van der Waals surface area contributed by atoms with Crippen LogP contribution in [0.5, 0.6) is 0 Å². The summed E-state index contributed by atoms with van der Waals surface area (Å²) in [6, 6.07) is 14.4. The summed E-state index contributed by atoms with van der Waals surface area (Å²) in [6.45, 7) is 2.92. The van der Waals surface area contributed by atoms with Crippen LogP contribution < -0.4 is 16.0 Å². The van der Waals surface area contributed by atoms with Gasteiger partial charge in [0.05, 0.1) is 18.8 Å². The van der Waals surface area contributed by atoms with Crippen molar-refractivity contribution >= 4 is 29.0 Å². The highest BCUT2D eigenvalue weighted by molar-refractivity contribution is 7.09. The van der Waals surface area contributed by atoms with E-state index < -0.39 is 0 Å². The summed E-state index contributed by atoms with van der Waals surface area (Å²) in [4.78, 5) is 28.5. The quantitative estimate of drug-likeness (QED) is 0.465. The van der Waals surface area contributed by atoms with Gasteiger partial charge in [0.1, 0.15) is 5.76 Å². The highest BCUT2D eigenvalue weighted by Gasteiger charge is 2.25. The van der Waals surface area contributed by atoms with Crippen LogP contribution in [0.25, 0.3) is 0 Å². The predicted molar refractivity (Wildman–Crippen MR) is 126 cm³/mol. The molecule has 1 unspecified atom stereocenters. The van der Waals surface area contributed by atoms with Gasteiger partial charge in [0.25, 0.3) is 5.91 Å². The van der Waals surface area contributed by atoms with Gasteiger partial charge in [-0.3, -0.25) is 9.69 Å². The molecule has 1 aliphatic heterocycles. The predicted octanol–water partition coefficient (Wildman–Crippen LogP) is 4.62. The third-order valence-corrected chi connectivity index (χ3v) is 6.42. The molecule has 0 saturated carbocycles. The average molecular weight is 453 g/mol. The third kappa shape index (κ3) is 5.99. The molecule has 0 aliphatic carbocycles. The number of urea groups is 1. The Labute approximate surface area is 191 Å². The molecule has 7 nitrogen and oxygen atoms in total. The van der Waals surface area contributed by atoms with Crippen molar-refractivity contribution in [2.24, 2.45) is 0 Å². The summed E-state index contributed by atoms with van der Waals surface area (Å²) in [5, 5.41) is 10.7. The lowest BCUT2D eigenvalue weighted by atomic mass is 10.1. The number of anilines is 1. The molecular weight excluding hydrogens is 424 g/mol. The van der Waals surface area contributed by atoms with Crippen molar-refractivity contribution < 1.29 is 14.0 Å². The van der Waals surface area contributed by atoms with E-state index in [0.29, 0.717) is 24.3 Å². The number of nitrogens with zero attached hydrogens (tertiary/aromatic N) is 1. The van der Waals surface area contributed by atoms with Crippen molar-refractivity contribution in [3.63, 3.8) is 0 Å². The first kappa shape index (κ1) is 22.1. The number of hydrogen-bond acceptors (Lipinski definition) is 5. The molecule has 0 radical (unpaired) electrons. The number of carbonyl (C=O) groups is 2. The lowest BCUT2D eigenvalue weighted by Crippen LogP contribution is -2.41. The van der Waals surface area contributed by atoms with Crippen LogP contribution in [0.2, 0.25) is 0 Å². The third-order valence-electron chi connectivity index (χ3n) is 5.54. The summed E-state index contributed by atoms with van der Waals surface area (Å²) in [5.41, 5.74) is 1.07. The first-order valence-electron chi connectivity index (χ1n) is 10.9. The second kappa shape index (κ2) is 11.0. The van der Waals surface area contributed by atoms with E-state index >= 15 is 0 Å². The minimum Gasteiger partial charge on any atom is -0.468 e. The summed E-state index contributed by atoms with van der Waals surface area (Å²) >= 11 is 1.60. The molecular formula is C24H28N4O3S. The fourth-order valence-electron chi connectivity index (χ4n) is 3.91. The summed E-state index contributed by atoms with van der Waals surface area (Å²) in [7, 11) is 0. The Balaban J connectivity index is 1.32. The van der Waals surface area contributed by atoms with E-state index in [1.165, 1.54) is 6.42 Å². The molecule has 1 fully saturated rings. The Morgan fingerprint density at radius 3 is 2.66 bits per heavy atom. The van der Waals surface area contributed by atoms with Gasteiger partial charge in [0.15, 0.2) is 0 Å². The Bertz CT molecular complexity index is 998. The lowest BCUT2D eigenvalue weighted by Gasteiger charge is -2.33. The van der Waals surface area contributed by atoms with E-state index in [1.54, 1.807) is 41.9 Å². The van der Waals surface area contributed by atoms with E-state index in [2.05, 4.69) is 20.9 Å². The number of thiophene rings is 1. The van der Waals surface area contributed by atoms with Gasteiger partial charge in [-0.2, -0.15) is 0 Å². The first-order valence-corrected chi connectivity index (χ1v) is 11.8. The number of likely N-dealkylation sites (tertiary alicyclic amines) is 1. The Morgan fingerprint density at radius 2 is 1.91 bits per heavy atom. The number of carbonyl (C=O) groups excluding carboxylic acids is 2. The molecule has 1 aliphatic rings. The van der Waals surface area contributed by atoms with Crippen molar-refractivity contribution in [3.05, 3.63) is 76.4 Å². The second-order valence-electron chi connectivity index (χ2n) is 7.81. The van der Waals surface area contributed by atoms with Gasteiger partial charge in [-0.1, -0.05) is 18.6 Å². The van der Waals surface area contributed by atoms with Gasteiger partial charge in [-0.05, 0) is 67.7 Å². The standard InChI is InChI=1S/C24H28N4O3S/c29-23(25-16-20-9-6-14-32-20)18-7-4-8-19(15-18)27-24(30)26-17-21(22-10-5-13-31-22)28-11-2-1-3-12-28/h4-10,13-15,21H,1-3,11-12,16-17H2,(H,25,29)(H2,26,27,30). The molecule has 32 heavy (non-hydrogen) atoms. The molecule has 1 saturated heterocycles. The number of furan rings is 1. The van der Waals surface area contributed by atoms with Gasteiger partial charge < -0.3 is 20.4 Å². The van der Waals surface area contributed by atoms with E-state index in [4.69, 9.17) is 4.42 Å². The molecule has 3 N–H and O–H groups in total. The van der Waals surface area contributed by atoms with Crippen molar-refractivity contribution in [1.82, 2.24) is 15.5 Å². The Morgan fingerprint density at radius 1 is 1.03 bits per heavy atom. The zero-order valence-corrected chi connectivity index (χ0v) is 18.7. The molecule has 0 bridgehead atoms. The van der Waals surface area contributed by atoms with Crippen molar-refractivity contribution in [1.29, 1.82) is 0 Å². The van der Waals surface area contributed by atoms with Gasteiger partial charge in [0, 0.05) is 22.7 Å². The van der Waals surface area contributed by atoms with E-state index in [1.807, 2.05) is 29.6 Å². The minimum absolute atomic E-state index is 0.00501. The van der Waals surface area contributed by atoms with Gasteiger partial charge >= 0.3 is 6.03 Å². The lowest BCUT2D eigenvalue weighted by molar-refractivity contribution is 0.0951. The van der Waals surface area contributed by atoms with Crippen LogP contribution >= 0.6 is 11.3 Å². The van der Waals surface area contributed by atoms with Crippen LogP contribution in [-0.4, -0.2) is 36.5 Å². The monoisotopic (exact) mass is 452 g/mol. The fraction of sp³-hybridized carbons (Fsp3) is 0.333. The second-order valence-corrected chi connectivity index (χ2v) is 8.84. The Hall–Kier alpha value is -3.10. The van der Waals surface area contributed by atoms with Crippen LogP contribution in [0.3, 0.4) is 0 Å². The summed E-state index contributed by atoms with van der Waals surface area (Å²) < 4.78 is 5.63. The van der Waals surface area contributed by atoms with Crippen LogP contribution in [0.4, 0.5) is 10.5 Å². The number of piperidine rings is 1. The molecule has 2 aromatic heterocycles. The summed E-state index contributed by atoms with van der Waals surface area (Å²) in [5.74, 6) is 0.682. The molecule has 4 rings (SSSR count). The van der Waals surface area contributed by atoms with Crippen molar-refractivity contribution in [2.45, 2.75) is 31.8 Å². The van der Waals surface area contributed by atoms with Crippen LogP contribution in [0, 0.1) is 0 Å². The molecule has 3 aromatic rings. The number of benzene rings is 1. The Kier molecular flexibility index (Phi) is 7.58. The highest BCUT2D eigenvalue weighted by Crippen LogP contribution is 2.24. The van der Waals surface area contributed by atoms with Crippen molar-refractivity contribution in [2.75, 3.05) is 25.0 Å². The maximum absolute atomic E-state index is 12.6. The van der Waals surface area contributed by atoms with Gasteiger partial charge in [0.2, 0.25) is 0 Å². The van der Waals surface area contributed by atoms with Gasteiger partial charge in [-0.25, -0.2) is 4.79 Å². The maximum Gasteiger partial charge on any atom is 0.319 e. The number of amides is 3. The molecule has 8 heteroatoms. The van der Waals surface area contributed by atoms with E-state index in [9.17, 15) is 9.59 Å². The van der Waals surface area contributed by atoms with E-state index in [0.717, 1.165) is 36.6 Å². The zero-order valence-electron chi connectivity index (χ0n) is 17.9. The number of rotatable bonds is 8. The molecule has 1 atom stereocenters. The molecule has 0 spiro atoms. The highest BCUT2D eigenvalue weighted by atomic mass is 32.1. The fourth-order valence-corrected chi connectivity index (χ4v) is 4.55. The topological polar surface area (TPSA) is 86.6 Å². The van der Waals surface area contributed by atoms with Crippen LogP contribution in [-0.2, 0) is 6.54 Å². The zero-order chi connectivity index (χ0) is 22.2. The minimum atomic E-state index is -0.310. The first-order chi connectivity index (χ1) is 15.7. The van der Waals surface area contributed by atoms with Crippen molar-refractivity contribution in [3.8, 4) is 0 Å². The van der Waals surface area contributed by atoms with E-state index in [-0.39, 0.29) is 18.0 Å². The molecule has 3 amide bonds. The van der Waals surface area contributed by atoms with Gasteiger partial charge in [-0.15, -0.1) is 11.3 Å². The molecule has 1 aromatic carbocycles. The van der Waals surface area contributed by atoms with Crippen LogP contribution in [0.15, 0.2) is 64.6 Å². The maximum atomic E-state index is 12.6. The molecule has 3 heterocycles. The normalized spacial score (nSPS) is 15.1. The average Bonchev–Trinajstić information content (AvgIpc) is 3.53. The largest absolute Gasteiger partial charge is 0.468 e.